The smallest absolute Gasteiger partial charge is 0.411 e. The maximum atomic E-state index is 15.4. The van der Waals surface area contributed by atoms with Crippen LogP contribution in [0, 0.1) is 5.82 Å². The molecule has 0 bridgehead atoms. The van der Waals surface area contributed by atoms with E-state index in [-0.39, 0.29) is 23.9 Å². The molecule has 0 spiro atoms. The van der Waals surface area contributed by atoms with Crippen LogP contribution in [0.25, 0.3) is 27.5 Å². The van der Waals surface area contributed by atoms with E-state index in [4.69, 9.17) is 9.84 Å². The Kier molecular flexibility index (Phi) is 6.30. The Morgan fingerprint density at radius 3 is 2.86 bits per heavy atom. The number of carbonyl (C=O) groups excluding carboxylic acids is 2. The lowest BCUT2D eigenvalue weighted by Gasteiger charge is -2.15. The molecule has 2 amide bonds. The summed E-state index contributed by atoms with van der Waals surface area (Å²) in [7, 11) is 0. The third-order valence-electron chi connectivity index (χ3n) is 5.48. The highest BCUT2D eigenvalue weighted by molar-refractivity contribution is 7.19. The zero-order valence-electron chi connectivity index (χ0n) is 19.2. The van der Waals surface area contributed by atoms with Crippen LogP contribution >= 0.6 is 11.3 Å². The summed E-state index contributed by atoms with van der Waals surface area (Å²) in [5.74, 6) is -0.801. The predicted molar refractivity (Wildman–Crippen MR) is 135 cm³/mol. The Hall–Kier alpha value is -4.38. The first-order valence-corrected chi connectivity index (χ1v) is 11.9. The number of fused-ring (bicyclic) bond motifs is 3. The monoisotopic (exact) mass is 504 g/mol. The summed E-state index contributed by atoms with van der Waals surface area (Å²) in [6, 6.07) is 8.06. The van der Waals surface area contributed by atoms with Crippen molar-refractivity contribution in [3.8, 4) is 27.5 Å². The maximum absolute atomic E-state index is 15.4. The number of halogens is 1. The summed E-state index contributed by atoms with van der Waals surface area (Å²) in [4.78, 5) is 33.0. The fourth-order valence-corrected chi connectivity index (χ4v) is 5.14. The van der Waals surface area contributed by atoms with Crippen molar-refractivity contribution < 1.29 is 18.7 Å². The number of hydrogen-bond donors (Lipinski definition) is 2. The number of aromatic nitrogens is 4. The summed E-state index contributed by atoms with van der Waals surface area (Å²) < 4.78 is 21.9. The molecule has 0 aliphatic heterocycles. The van der Waals surface area contributed by atoms with Gasteiger partial charge in [0.25, 0.3) is 0 Å². The summed E-state index contributed by atoms with van der Waals surface area (Å²) >= 11 is 1.33. The van der Waals surface area contributed by atoms with Crippen LogP contribution in [0.3, 0.4) is 0 Å². The lowest BCUT2D eigenvalue weighted by atomic mass is 9.95. The molecule has 11 heteroatoms. The molecule has 36 heavy (non-hydrogen) atoms. The number of benzene rings is 1. The van der Waals surface area contributed by atoms with Crippen LogP contribution < -0.4 is 10.6 Å². The summed E-state index contributed by atoms with van der Waals surface area (Å²) in [6.07, 6.45) is 5.43. The van der Waals surface area contributed by atoms with Gasteiger partial charge in [-0.3, -0.25) is 15.1 Å². The van der Waals surface area contributed by atoms with Gasteiger partial charge in [-0.25, -0.2) is 18.9 Å². The Morgan fingerprint density at radius 1 is 1.28 bits per heavy atom. The Balaban J connectivity index is 1.61. The molecule has 0 fully saturated rings. The second-order valence-electron chi connectivity index (χ2n) is 7.98. The Morgan fingerprint density at radius 2 is 2.14 bits per heavy atom. The molecule has 0 radical (unpaired) electrons. The first kappa shape index (κ1) is 23.4. The van der Waals surface area contributed by atoms with Gasteiger partial charge in [-0.15, -0.1) is 0 Å². The molecule has 9 nitrogen and oxygen atoms in total. The van der Waals surface area contributed by atoms with Gasteiger partial charge in [0.05, 0.1) is 22.0 Å². The number of amides is 2. The molecule has 1 aliphatic carbocycles. The van der Waals surface area contributed by atoms with Gasteiger partial charge in [-0.1, -0.05) is 24.0 Å². The van der Waals surface area contributed by atoms with E-state index in [9.17, 15) is 9.59 Å². The van der Waals surface area contributed by atoms with Crippen molar-refractivity contribution in [1.29, 1.82) is 0 Å². The van der Waals surface area contributed by atoms with Crippen LogP contribution in [0.1, 0.15) is 18.2 Å². The highest BCUT2D eigenvalue weighted by Crippen LogP contribution is 2.44. The van der Waals surface area contributed by atoms with E-state index in [2.05, 4.69) is 27.2 Å². The molecule has 182 valence electrons. The molecular formula is C25H21FN6O3S. The summed E-state index contributed by atoms with van der Waals surface area (Å²) in [5, 5.41) is 10.5. The minimum atomic E-state index is -0.711. The zero-order chi connectivity index (χ0) is 25.2. The third kappa shape index (κ3) is 4.48. The molecule has 1 aromatic carbocycles. The molecule has 5 rings (SSSR count). The molecule has 0 saturated heterocycles. The van der Waals surface area contributed by atoms with E-state index < -0.39 is 11.9 Å². The average molecular weight is 505 g/mol. The molecule has 0 atom stereocenters. The van der Waals surface area contributed by atoms with Crippen molar-refractivity contribution in [2.45, 2.75) is 19.8 Å². The fourth-order valence-electron chi connectivity index (χ4n) is 4.03. The molecular weight excluding hydrogens is 483 g/mol. The summed E-state index contributed by atoms with van der Waals surface area (Å²) in [5.41, 5.74) is 4.44. The van der Waals surface area contributed by atoms with Crippen LogP contribution in [0.15, 0.2) is 55.4 Å². The number of carbonyl (C=O) groups is 2. The Bertz CT molecular complexity index is 1480. The lowest BCUT2D eigenvalue weighted by Crippen LogP contribution is -2.14. The molecule has 3 aromatic heterocycles. The van der Waals surface area contributed by atoms with E-state index in [1.807, 2.05) is 12.1 Å². The van der Waals surface area contributed by atoms with Crippen LogP contribution in [0.5, 0.6) is 0 Å². The van der Waals surface area contributed by atoms with Crippen LogP contribution in [0.2, 0.25) is 0 Å². The number of aryl methyl sites for hydroxylation is 1. The zero-order valence-corrected chi connectivity index (χ0v) is 20.1. The molecule has 3 heterocycles. The van der Waals surface area contributed by atoms with Gasteiger partial charge in [-0.05, 0) is 43.2 Å². The second kappa shape index (κ2) is 9.70. The lowest BCUT2D eigenvalue weighted by molar-refractivity contribution is -0.114. The van der Waals surface area contributed by atoms with E-state index in [0.717, 1.165) is 21.7 Å². The highest BCUT2D eigenvalue weighted by atomic mass is 32.1. The topological polar surface area (TPSA) is 111 Å². The van der Waals surface area contributed by atoms with Crippen molar-refractivity contribution in [3.63, 3.8) is 0 Å². The molecule has 4 aromatic rings. The van der Waals surface area contributed by atoms with E-state index >= 15 is 4.39 Å². The van der Waals surface area contributed by atoms with Crippen LogP contribution in [0.4, 0.5) is 20.0 Å². The highest BCUT2D eigenvalue weighted by Gasteiger charge is 2.30. The van der Waals surface area contributed by atoms with E-state index in [1.165, 1.54) is 30.4 Å². The second-order valence-corrected chi connectivity index (χ2v) is 8.98. The van der Waals surface area contributed by atoms with Crippen molar-refractivity contribution in [2.75, 3.05) is 17.2 Å². The number of rotatable bonds is 6. The van der Waals surface area contributed by atoms with Gasteiger partial charge in [0.1, 0.15) is 12.3 Å². The van der Waals surface area contributed by atoms with Gasteiger partial charge in [-0.2, -0.15) is 5.10 Å². The molecule has 1 aliphatic rings. The van der Waals surface area contributed by atoms with Gasteiger partial charge in [0.15, 0.2) is 10.9 Å². The number of ether oxygens (including phenoxy) is 1. The summed E-state index contributed by atoms with van der Waals surface area (Å²) in [6.45, 7) is 4.95. The van der Waals surface area contributed by atoms with Crippen LogP contribution in [-0.2, 0) is 22.4 Å². The van der Waals surface area contributed by atoms with Crippen molar-refractivity contribution in [2.24, 2.45) is 0 Å². The normalized spacial score (nSPS) is 11.8. The van der Waals surface area contributed by atoms with Crippen molar-refractivity contribution in [3.05, 3.63) is 72.5 Å². The SMILES string of the molecule is C=CCOC(=O)Nc1ccc(-n2nc(-c3cccnc3)c3c2-c2sc(NC(C)=O)nc2CC3)c(F)c1. The maximum Gasteiger partial charge on any atom is 0.411 e. The fraction of sp³-hybridized carbons (Fsp3) is 0.160. The van der Waals surface area contributed by atoms with Crippen molar-refractivity contribution >= 4 is 34.2 Å². The van der Waals surface area contributed by atoms with E-state index in [1.54, 1.807) is 29.2 Å². The number of hydrogen-bond acceptors (Lipinski definition) is 7. The standard InChI is InChI=1S/C25H21FN6O3S/c1-3-11-35-25(34)29-16-6-9-20(18(26)12-16)32-22-17(21(31-32)15-5-4-10-27-13-15)7-8-19-23(22)36-24(30-19)28-14(2)33/h3-6,9-10,12-13H,1,7-8,11H2,2H3,(H,29,34)(H,28,30,33). The number of nitrogens with one attached hydrogen (secondary N) is 2. The van der Waals surface area contributed by atoms with Gasteiger partial charge in [0, 0.05) is 36.1 Å². The van der Waals surface area contributed by atoms with Crippen molar-refractivity contribution in [1.82, 2.24) is 19.7 Å². The number of anilines is 2. The number of pyridine rings is 1. The molecule has 0 unspecified atom stereocenters. The van der Waals surface area contributed by atoms with Crippen LogP contribution in [-0.4, -0.2) is 38.4 Å². The predicted octanol–water partition coefficient (Wildman–Crippen LogP) is 4.99. The quantitative estimate of drug-likeness (QED) is 0.358. The largest absolute Gasteiger partial charge is 0.445 e. The molecule has 2 N–H and O–H groups in total. The third-order valence-corrected chi connectivity index (χ3v) is 6.50. The first-order valence-electron chi connectivity index (χ1n) is 11.1. The van der Waals surface area contributed by atoms with Gasteiger partial charge in [0.2, 0.25) is 5.91 Å². The minimum absolute atomic E-state index is 0.0423. The minimum Gasteiger partial charge on any atom is -0.445 e. The average Bonchev–Trinajstić information content (AvgIpc) is 3.44. The number of nitrogens with zero attached hydrogens (tertiary/aromatic N) is 4. The van der Waals surface area contributed by atoms with E-state index in [0.29, 0.717) is 29.4 Å². The Labute approximate surface area is 209 Å². The first-order chi connectivity index (χ1) is 17.4. The number of thiazole rings is 1. The van der Waals surface area contributed by atoms with Gasteiger partial charge < -0.3 is 10.1 Å². The van der Waals surface area contributed by atoms with Gasteiger partial charge >= 0.3 is 6.09 Å². The molecule has 0 saturated carbocycles.